The van der Waals surface area contributed by atoms with E-state index in [1.165, 1.54) is 13.0 Å². The van der Waals surface area contributed by atoms with Crippen molar-refractivity contribution in [3.05, 3.63) is 33.6 Å². The molecule has 0 atom stereocenters. The van der Waals surface area contributed by atoms with Gasteiger partial charge in [0, 0.05) is 16.4 Å². The second-order valence-corrected chi connectivity index (χ2v) is 7.45. The van der Waals surface area contributed by atoms with Crippen LogP contribution in [0.4, 0.5) is 10.1 Å². The summed E-state index contributed by atoms with van der Waals surface area (Å²) < 4.78 is 34.6. The number of nitro groups is 1. The summed E-state index contributed by atoms with van der Waals surface area (Å²) in [6.07, 6.45) is 0. The van der Waals surface area contributed by atoms with E-state index in [1.54, 1.807) is 0 Å². The smallest absolute Gasteiger partial charge is 0.258 e. The van der Waals surface area contributed by atoms with Gasteiger partial charge in [-0.25, -0.2) is 12.8 Å². The molecule has 1 aromatic carbocycles. The van der Waals surface area contributed by atoms with Crippen LogP contribution in [0.15, 0.2) is 17.0 Å². The molecule has 0 spiro atoms. The number of hydrogen-bond acceptors (Lipinski definition) is 5. The Morgan fingerprint density at radius 2 is 2.11 bits per heavy atom. The van der Waals surface area contributed by atoms with Gasteiger partial charge in [-0.15, -0.1) is 11.8 Å². The first kappa shape index (κ1) is 15.2. The Labute approximate surface area is 112 Å². The zero-order valence-electron chi connectivity index (χ0n) is 9.22. The largest absolute Gasteiger partial charge is 0.285 e. The van der Waals surface area contributed by atoms with Crippen molar-refractivity contribution in [2.75, 3.05) is 11.5 Å². The molecule has 18 heavy (non-hydrogen) atoms. The van der Waals surface area contributed by atoms with E-state index in [2.05, 4.69) is 0 Å². The van der Waals surface area contributed by atoms with Crippen molar-refractivity contribution >= 4 is 37.2 Å². The summed E-state index contributed by atoms with van der Waals surface area (Å²) in [7, 11) is 1.39. The molecule has 0 fully saturated rings. The third-order valence-electron chi connectivity index (χ3n) is 2.02. The Bertz CT molecular complexity index is 576. The zero-order chi connectivity index (χ0) is 13.9. The average molecular weight is 314 g/mol. The molecule has 0 unspecified atom stereocenters. The van der Waals surface area contributed by atoms with Crippen molar-refractivity contribution in [1.29, 1.82) is 0 Å². The van der Waals surface area contributed by atoms with Gasteiger partial charge in [0.1, 0.15) is 5.82 Å². The van der Waals surface area contributed by atoms with Crippen molar-refractivity contribution in [2.45, 2.75) is 11.8 Å². The van der Waals surface area contributed by atoms with Crippen LogP contribution in [0, 0.1) is 22.9 Å². The van der Waals surface area contributed by atoms with Gasteiger partial charge in [-0.2, -0.15) is 0 Å². The molecule has 0 saturated carbocycles. The molecule has 0 bridgehead atoms. The van der Waals surface area contributed by atoms with Crippen molar-refractivity contribution in [3.63, 3.8) is 0 Å². The molecule has 1 rings (SSSR count). The molecule has 1 aromatic rings. The lowest BCUT2D eigenvalue weighted by Crippen LogP contribution is -2.01. The third-order valence-corrected chi connectivity index (χ3v) is 4.48. The minimum Gasteiger partial charge on any atom is -0.258 e. The number of aryl methyl sites for hydroxylation is 1. The molecule has 100 valence electrons. The van der Waals surface area contributed by atoms with Gasteiger partial charge in [-0.3, -0.25) is 10.1 Å². The lowest BCUT2D eigenvalue weighted by Gasteiger charge is -2.04. The molecule has 0 amide bonds. The molecule has 9 heteroatoms. The van der Waals surface area contributed by atoms with E-state index >= 15 is 0 Å². The number of thioether (sulfide) groups is 1. The lowest BCUT2D eigenvalue weighted by atomic mass is 10.2. The number of nitro benzene ring substituents is 1. The summed E-state index contributed by atoms with van der Waals surface area (Å²) in [5.74, 6) is -0.916. The highest BCUT2D eigenvalue weighted by atomic mass is 35.7. The number of nitrogens with zero attached hydrogens (tertiary/aromatic N) is 1. The van der Waals surface area contributed by atoms with Crippen LogP contribution in [0.5, 0.6) is 0 Å². The van der Waals surface area contributed by atoms with E-state index in [9.17, 15) is 22.9 Å². The van der Waals surface area contributed by atoms with Gasteiger partial charge in [0.2, 0.25) is 9.05 Å². The standard InChI is InChI=1S/C9H9ClFNO4S2/c1-6-4-9(17-2-3-18(10,15)16)8(12(13)14)5-7(6)11/h4-5H,2-3H2,1H3. The van der Waals surface area contributed by atoms with E-state index in [1.807, 2.05) is 0 Å². The summed E-state index contributed by atoms with van der Waals surface area (Å²) in [6, 6.07) is 2.14. The fourth-order valence-electron chi connectivity index (χ4n) is 1.15. The predicted molar refractivity (Wildman–Crippen MR) is 68.2 cm³/mol. The van der Waals surface area contributed by atoms with Crippen molar-refractivity contribution in [2.24, 2.45) is 0 Å². The van der Waals surface area contributed by atoms with Gasteiger partial charge >= 0.3 is 0 Å². The van der Waals surface area contributed by atoms with E-state index in [4.69, 9.17) is 10.7 Å². The van der Waals surface area contributed by atoms with E-state index in [0.717, 1.165) is 17.8 Å². The van der Waals surface area contributed by atoms with Crippen LogP contribution in [0.3, 0.4) is 0 Å². The maximum atomic E-state index is 13.2. The highest BCUT2D eigenvalue weighted by Gasteiger charge is 2.18. The Balaban J connectivity index is 2.94. The van der Waals surface area contributed by atoms with Gasteiger partial charge in [0.05, 0.1) is 21.6 Å². The number of halogens is 2. The van der Waals surface area contributed by atoms with Gasteiger partial charge in [0.15, 0.2) is 0 Å². The summed E-state index contributed by atoms with van der Waals surface area (Å²) >= 11 is 0.953. The fourth-order valence-corrected chi connectivity index (χ4v) is 3.61. The second kappa shape index (κ2) is 5.85. The fraction of sp³-hybridized carbons (Fsp3) is 0.333. The number of benzene rings is 1. The number of hydrogen-bond donors (Lipinski definition) is 0. The van der Waals surface area contributed by atoms with E-state index < -0.39 is 19.8 Å². The molecule has 0 radical (unpaired) electrons. The Morgan fingerprint density at radius 1 is 1.50 bits per heavy atom. The maximum Gasteiger partial charge on any atom is 0.285 e. The molecule has 0 heterocycles. The minimum absolute atomic E-state index is 0.0672. The van der Waals surface area contributed by atoms with Crippen LogP contribution < -0.4 is 0 Å². The van der Waals surface area contributed by atoms with Crippen LogP contribution in [0.2, 0.25) is 0 Å². The van der Waals surface area contributed by atoms with Crippen LogP contribution >= 0.6 is 22.4 Å². The molecule has 0 aliphatic rings. The summed E-state index contributed by atoms with van der Waals surface area (Å²) in [5, 5.41) is 10.7. The molecule has 0 aliphatic heterocycles. The van der Waals surface area contributed by atoms with E-state index in [0.29, 0.717) is 0 Å². The zero-order valence-corrected chi connectivity index (χ0v) is 11.6. The van der Waals surface area contributed by atoms with Crippen LogP contribution in [-0.4, -0.2) is 24.8 Å². The third kappa shape index (κ3) is 4.43. The Hall–Kier alpha value is -0.860. The van der Waals surface area contributed by atoms with Gasteiger partial charge in [0.25, 0.3) is 5.69 Å². The Morgan fingerprint density at radius 3 is 2.61 bits per heavy atom. The second-order valence-electron chi connectivity index (χ2n) is 3.42. The topological polar surface area (TPSA) is 77.3 Å². The van der Waals surface area contributed by atoms with Crippen molar-refractivity contribution in [1.82, 2.24) is 0 Å². The molecule has 0 N–H and O–H groups in total. The maximum absolute atomic E-state index is 13.2. The normalized spacial score (nSPS) is 11.5. The monoisotopic (exact) mass is 313 g/mol. The highest BCUT2D eigenvalue weighted by molar-refractivity contribution is 8.14. The van der Waals surface area contributed by atoms with Gasteiger partial charge in [-0.1, -0.05) is 0 Å². The molecular formula is C9H9ClFNO4S2. The first-order chi connectivity index (χ1) is 8.20. The average Bonchev–Trinajstić information content (AvgIpc) is 2.20. The predicted octanol–water partition coefficient (Wildman–Crippen LogP) is 2.70. The molecule has 0 saturated heterocycles. The lowest BCUT2D eigenvalue weighted by molar-refractivity contribution is -0.387. The van der Waals surface area contributed by atoms with Crippen LogP contribution in [0.1, 0.15) is 5.56 Å². The van der Waals surface area contributed by atoms with Crippen molar-refractivity contribution in [3.8, 4) is 0 Å². The van der Waals surface area contributed by atoms with Gasteiger partial charge in [-0.05, 0) is 18.6 Å². The van der Waals surface area contributed by atoms with Gasteiger partial charge < -0.3 is 0 Å². The molecule has 0 aromatic heterocycles. The minimum atomic E-state index is -3.64. The number of rotatable bonds is 5. The molecule has 5 nitrogen and oxygen atoms in total. The Kier molecular flexibility index (Phi) is 4.94. The first-order valence-electron chi connectivity index (χ1n) is 4.70. The SMILES string of the molecule is Cc1cc(SCCS(=O)(=O)Cl)c([N+](=O)[O-])cc1F. The van der Waals surface area contributed by atoms with E-state index in [-0.39, 0.29) is 27.7 Å². The van der Waals surface area contributed by atoms with Crippen molar-refractivity contribution < 1.29 is 17.7 Å². The summed E-state index contributed by atoms with van der Waals surface area (Å²) in [4.78, 5) is 10.2. The quantitative estimate of drug-likeness (QED) is 0.361. The highest BCUT2D eigenvalue weighted by Crippen LogP contribution is 2.31. The van der Waals surface area contributed by atoms with Crippen LogP contribution in [0.25, 0.3) is 0 Å². The summed E-state index contributed by atoms with van der Waals surface area (Å²) in [6.45, 7) is 1.47. The van der Waals surface area contributed by atoms with Crippen LogP contribution in [-0.2, 0) is 9.05 Å². The first-order valence-corrected chi connectivity index (χ1v) is 8.17. The molecule has 0 aliphatic carbocycles. The molecular weight excluding hydrogens is 305 g/mol. The summed E-state index contributed by atoms with van der Waals surface area (Å²) in [5.41, 5.74) is -0.119.